The Labute approximate surface area is 85.6 Å². The first-order valence-electron chi connectivity index (χ1n) is 5.20. The van der Waals surface area contributed by atoms with Crippen molar-refractivity contribution in [2.24, 2.45) is 5.92 Å². The van der Waals surface area contributed by atoms with E-state index in [1.807, 2.05) is 6.92 Å². The summed E-state index contributed by atoms with van der Waals surface area (Å²) in [6, 6.07) is 0. The van der Waals surface area contributed by atoms with Crippen molar-refractivity contribution in [2.45, 2.75) is 26.2 Å². The van der Waals surface area contributed by atoms with Crippen LogP contribution in [-0.2, 0) is 4.79 Å². The fourth-order valence-electron chi connectivity index (χ4n) is 1.12. The van der Waals surface area contributed by atoms with E-state index in [1.165, 1.54) is 12.8 Å². The molecule has 78 valence electrons. The van der Waals surface area contributed by atoms with Crippen molar-refractivity contribution in [2.75, 3.05) is 19.6 Å². The standard InChI is InChI=1S/C11H18N2O/c1-2-3-4-7-12-9-11(14)13-8-10-5-6-10/h10,12H,4-9H2,1H3,(H,13,14). The Balaban J connectivity index is 1.88. The second kappa shape index (κ2) is 6.44. The highest BCUT2D eigenvalue weighted by molar-refractivity contribution is 5.77. The fourth-order valence-corrected chi connectivity index (χ4v) is 1.12. The van der Waals surface area contributed by atoms with Crippen LogP contribution in [0.4, 0.5) is 0 Å². The van der Waals surface area contributed by atoms with Gasteiger partial charge >= 0.3 is 0 Å². The van der Waals surface area contributed by atoms with E-state index in [4.69, 9.17) is 0 Å². The van der Waals surface area contributed by atoms with Crippen LogP contribution < -0.4 is 10.6 Å². The van der Waals surface area contributed by atoms with E-state index < -0.39 is 0 Å². The molecule has 3 heteroatoms. The molecule has 0 aromatic rings. The van der Waals surface area contributed by atoms with Crippen molar-refractivity contribution >= 4 is 5.91 Å². The van der Waals surface area contributed by atoms with Gasteiger partial charge < -0.3 is 10.6 Å². The minimum absolute atomic E-state index is 0.0985. The topological polar surface area (TPSA) is 41.1 Å². The molecule has 0 heterocycles. The van der Waals surface area contributed by atoms with Gasteiger partial charge in [-0.1, -0.05) is 0 Å². The van der Waals surface area contributed by atoms with Crippen molar-refractivity contribution in [3.63, 3.8) is 0 Å². The molecule has 14 heavy (non-hydrogen) atoms. The van der Waals surface area contributed by atoms with Gasteiger partial charge in [-0.05, 0) is 25.7 Å². The maximum atomic E-state index is 11.2. The first-order chi connectivity index (χ1) is 6.83. The molecule has 1 amide bonds. The summed E-state index contributed by atoms with van der Waals surface area (Å²) in [5.41, 5.74) is 0. The van der Waals surface area contributed by atoms with E-state index in [0.717, 1.165) is 25.4 Å². The lowest BCUT2D eigenvalue weighted by molar-refractivity contribution is -0.120. The smallest absolute Gasteiger partial charge is 0.233 e. The molecule has 1 fully saturated rings. The van der Waals surface area contributed by atoms with E-state index in [-0.39, 0.29) is 5.91 Å². The Bertz CT molecular complexity index is 235. The lowest BCUT2D eigenvalue weighted by Crippen LogP contribution is -2.35. The summed E-state index contributed by atoms with van der Waals surface area (Å²) < 4.78 is 0. The number of amides is 1. The van der Waals surface area contributed by atoms with E-state index in [2.05, 4.69) is 22.5 Å². The zero-order valence-corrected chi connectivity index (χ0v) is 8.73. The van der Waals surface area contributed by atoms with Gasteiger partial charge in [0.15, 0.2) is 0 Å². The highest BCUT2D eigenvalue weighted by atomic mass is 16.1. The molecule has 0 bridgehead atoms. The third-order valence-electron chi connectivity index (χ3n) is 2.17. The molecule has 3 nitrogen and oxygen atoms in total. The number of hydrogen-bond donors (Lipinski definition) is 2. The molecule has 1 aliphatic carbocycles. The van der Waals surface area contributed by atoms with Crippen LogP contribution >= 0.6 is 0 Å². The third kappa shape index (κ3) is 5.60. The molecule has 0 spiro atoms. The van der Waals surface area contributed by atoms with Crippen LogP contribution in [-0.4, -0.2) is 25.5 Å². The van der Waals surface area contributed by atoms with Crippen molar-refractivity contribution in [1.29, 1.82) is 0 Å². The highest BCUT2D eigenvalue weighted by Crippen LogP contribution is 2.27. The number of hydrogen-bond acceptors (Lipinski definition) is 2. The molecule has 1 rings (SSSR count). The Hall–Kier alpha value is -1.01. The average Bonchev–Trinajstić information content (AvgIpc) is 2.98. The van der Waals surface area contributed by atoms with Gasteiger partial charge in [-0.15, -0.1) is 11.8 Å². The second-order valence-electron chi connectivity index (χ2n) is 3.60. The van der Waals surface area contributed by atoms with Crippen molar-refractivity contribution in [3.8, 4) is 11.8 Å². The minimum Gasteiger partial charge on any atom is -0.355 e. The van der Waals surface area contributed by atoms with Gasteiger partial charge in [0.1, 0.15) is 0 Å². The summed E-state index contributed by atoms with van der Waals surface area (Å²) >= 11 is 0. The van der Waals surface area contributed by atoms with Crippen LogP contribution in [0.2, 0.25) is 0 Å². The summed E-state index contributed by atoms with van der Waals surface area (Å²) in [5.74, 6) is 6.60. The van der Waals surface area contributed by atoms with Crippen molar-refractivity contribution in [3.05, 3.63) is 0 Å². The van der Waals surface area contributed by atoms with E-state index in [9.17, 15) is 4.79 Å². The van der Waals surface area contributed by atoms with Gasteiger partial charge in [-0.25, -0.2) is 0 Å². The van der Waals surface area contributed by atoms with Crippen LogP contribution in [0.3, 0.4) is 0 Å². The van der Waals surface area contributed by atoms with E-state index in [1.54, 1.807) is 0 Å². The number of carbonyl (C=O) groups excluding carboxylic acids is 1. The Kier molecular flexibility index (Phi) is 5.09. The number of nitrogens with one attached hydrogen (secondary N) is 2. The van der Waals surface area contributed by atoms with Crippen molar-refractivity contribution < 1.29 is 4.79 Å². The largest absolute Gasteiger partial charge is 0.355 e. The fraction of sp³-hybridized carbons (Fsp3) is 0.727. The van der Waals surface area contributed by atoms with Gasteiger partial charge in [0.05, 0.1) is 6.54 Å². The Morgan fingerprint density at radius 3 is 2.93 bits per heavy atom. The molecule has 0 radical (unpaired) electrons. The Morgan fingerprint density at radius 1 is 1.50 bits per heavy atom. The van der Waals surface area contributed by atoms with Gasteiger partial charge in [0, 0.05) is 19.5 Å². The maximum absolute atomic E-state index is 11.2. The van der Waals surface area contributed by atoms with Crippen LogP contribution in [0.15, 0.2) is 0 Å². The SMILES string of the molecule is CC#CCCNCC(=O)NCC1CC1. The van der Waals surface area contributed by atoms with Crippen molar-refractivity contribution in [1.82, 2.24) is 10.6 Å². The molecule has 1 aliphatic rings. The molecule has 0 aliphatic heterocycles. The third-order valence-corrected chi connectivity index (χ3v) is 2.17. The summed E-state index contributed by atoms with van der Waals surface area (Å²) in [5, 5.41) is 5.95. The first-order valence-corrected chi connectivity index (χ1v) is 5.20. The van der Waals surface area contributed by atoms with Gasteiger partial charge in [-0.3, -0.25) is 4.79 Å². The number of rotatable bonds is 6. The molecule has 0 unspecified atom stereocenters. The predicted octanol–water partition coefficient (Wildman–Crippen LogP) is 0.516. The lowest BCUT2D eigenvalue weighted by Gasteiger charge is -2.04. The van der Waals surface area contributed by atoms with Gasteiger partial charge in [0.2, 0.25) is 5.91 Å². The van der Waals surface area contributed by atoms with Crippen LogP contribution in [0, 0.1) is 17.8 Å². The molecule has 0 aromatic carbocycles. The zero-order chi connectivity index (χ0) is 10.2. The average molecular weight is 194 g/mol. The monoisotopic (exact) mass is 194 g/mol. The first kappa shape index (κ1) is 11.1. The molecule has 2 N–H and O–H groups in total. The highest BCUT2D eigenvalue weighted by Gasteiger charge is 2.21. The molecule has 0 atom stereocenters. The Morgan fingerprint density at radius 2 is 2.29 bits per heavy atom. The minimum atomic E-state index is 0.0985. The lowest BCUT2D eigenvalue weighted by atomic mass is 10.4. The van der Waals surface area contributed by atoms with Crippen LogP contribution in [0.1, 0.15) is 26.2 Å². The summed E-state index contributed by atoms with van der Waals surface area (Å²) in [7, 11) is 0. The summed E-state index contributed by atoms with van der Waals surface area (Å²) in [4.78, 5) is 11.2. The van der Waals surface area contributed by atoms with Crippen LogP contribution in [0.5, 0.6) is 0 Å². The quantitative estimate of drug-likeness (QED) is 0.478. The van der Waals surface area contributed by atoms with Crippen LogP contribution in [0.25, 0.3) is 0 Å². The van der Waals surface area contributed by atoms with E-state index >= 15 is 0 Å². The normalized spacial score (nSPS) is 14.4. The summed E-state index contributed by atoms with van der Waals surface area (Å²) in [6.45, 7) is 3.88. The molecule has 0 saturated heterocycles. The maximum Gasteiger partial charge on any atom is 0.233 e. The zero-order valence-electron chi connectivity index (χ0n) is 8.73. The van der Waals surface area contributed by atoms with Gasteiger partial charge in [0.25, 0.3) is 0 Å². The molecular weight excluding hydrogens is 176 g/mol. The molecule has 1 saturated carbocycles. The second-order valence-corrected chi connectivity index (χ2v) is 3.60. The molecule has 0 aromatic heterocycles. The predicted molar refractivity (Wildman–Crippen MR) is 56.7 cm³/mol. The summed E-state index contributed by atoms with van der Waals surface area (Å²) in [6.07, 6.45) is 3.37. The van der Waals surface area contributed by atoms with E-state index in [0.29, 0.717) is 6.54 Å². The molecular formula is C11H18N2O. The van der Waals surface area contributed by atoms with Gasteiger partial charge in [-0.2, -0.15) is 0 Å². The number of carbonyl (C=O) groups is 1.